The molecule has 1 aliphatic heterocycles. The fourth-order valence-electron chi connectivity index (χ4n) is 5.28. The molecule has 5 aliphatic rings. The van der Waals surface area contributed by atoms with E-state index in [0.717, 1.165) is 5.69 Å². The van der Waals surface area contributed by atoms with Crippen LogP contribution in [0.15, 0.2) is 24.1 Å². The van der Waals surface area contributed by atoms with E-state index < -0.39 is 5.79 Å². The van der Waals surface area contributed by atoms with Gasteiger partial charge in [-0.25, -0.2) is 0 Å². The molecule has 7 rings (SSSR count). The van der Waals surface area contributed by atoms with Crippen molar-refractivity contribution in [3.63, 3.8) is 0 Å². The third-order valence-electron chi connectivity index (χ3n) is 6.10. The largest absolute Gasteiger partial charge is 0.390 e. The van der Waals surface area contributed by atoms with Crippen LogP contribution < -0.4 is 0 Å². The minimum absolute atomic E-state index is 0.0127. The van der Waals surface area contributed by atoms with Crippen molar-refractivity contribution in [3.8, 4) is 0 Å². The predicted molar refractivity (Wildman–Crippen MR) is 93.1 cm³/mol. The van der Waals surface area contributed by atoms with E-state index in [0.29, 0.717) is 0 Å². The number of nitrogens with one attached hydrogen (secondary N) is 1. The lowest BCUT2D eigenvalue weighted by molar-refractivity contribution is -0.146. The number of aliphatic hydroxyl groups excluding tert-OH is 1. The molecule has 1 saturated heterocycles. The first-order valence-electron chi connectivity index (χ1n) is 8.84. The molecule has 0 spiro atoms. The summed E-state index contributed by atoms with van der Waals surface area (Å²) in [5.74, 6) is -0.352. The van der Waals surface area contributed by atoms with Crippen molar-refractivity contribution in [2.24, 2.45) is 0 Å². The van der Waals surface area contributed by atoms with E-state index in [-0.39, 0.29) is 30.7 Å². The average Bonchev–Trinajstić information content (AvgIpc) is 3.26. The van der Waals surface area contributed by atoms with Gasteiger partial charge < -0.3 is 19.6 Å². The van der Waals surface area contributed by atoms with Gasteiger partial charge in [0.1, 0.15) is 0 Å². The maximum atomic E-state index is 9.83. The lowest BCUT2D eigenvalue weighted by atomic mass is 9.61. The van der Waals surface area contributed by atoms with E-state index in [4.69, 9.17) is 9.47 Å². The molecular formula is C21H19NO3. The van der Waals surface area contributed by atoms with Gasteiger partial charge in [0.05, 0.1) is 18.8 Å². The van der Waals surface area contributed by atoms with Gasteiger partial charge in [-0.05, 0) is 71.5 Å². The Morgan fingerprint density at radius 2 is 1.68 bits per heavy atom. The van der Waals surface area contributed by atoms with Gasteiger partial charge in [0, 0.05) is 23.7 Å². The van der Waals surface area contributed by atoms with Gasteiger partial charge >= 0.3 is 0 Å². The Labute approximate surface area is 145 Å². The molecule has 0 radical (unpaired) electrons. The van der Waals surface area contributed by atoms with E-state index in [1.165, 1.54) is 33.4 Å². The summed E-state index contributed by atoms with van der Waals surface area (Å²) < 4.78 is 12.7. The molecule has 2 heterocycles. The van der Waals surface area contributed by atoms with Crippen LogP contribution in [-0.4, -0.2) is 28.1 Å². The second-order valence-corrected chi connectivity index (χ2v) is 7.88. The van der Waals surface area contributed by atoms with Crippen LogP contribution in [0.2, 0.25) is 0 Å². The van der Waals surface area contributed by atoms with E-state index in [1.807, 2.05) is 32.2 Å². The maximum absolute atomic E-state index is 9.83. The van der Waals surface area contributed by atoms with Crippen molar-refractivity contribution in [2.75, 3.05) is 0 Å². The Balaban J connectivity index is 1.64. The smallest absolute Gasteiger partial charge is 0.163 e. The summed E-state index contributed by atoms with van der Waals surface area (Å²) in [7, 11) is 0. The highest BCUT2D eigenvalue weighted by Crippen LogP contribution is 2.59. The highest BCUT2D eigenvalue weighted by Gasteiger charge is 2.58. The first-order valence-corrected chi connectivity index (χ1v) is 8.84. The molecule has 2 aromatic rings. The summed E-state index contributed by atoms with van der Waals surface area (Å²) in [5.41, 5.74) is 11.6. The Bertz CT molecular complexity index is 993. The van der Waals surface area contributed by atoms with Crippen LogP contribution >= 0.6 is 0 Å². The van der Waals surface area contributed by atoms with Crippen molar-refractivity contribution in [1.29, 1.82) is 0 Å². The van der Waals surface area contributed by atoms with E-state index in [9.17, 15) is 5.11 Å². The van der Waals surface area contributed by atoms with Crippen LogP contribution in [0.4, 0.5) is 0 Å². The van der Waals surface area contributed by atoms with Gasteiger partial charge in [0.2, 0.25) is 0 Å². The Morgan fingerprint density at radius 1 is 1.04 bits per heavy atom. The predicted octanol–water partition coefficient (Wildman–Crippen LogP) is 3.26. The molecule has 0 amide bonds. The van der Waals surface area contributed by atoms with E-state index >= 15 is 0 Å². The lowest BCUT2D eigenvalue weighted by Gasteiger charge is -2.45. The SMILES string of the molecule is CC1(C)OC2C3c4cc5c(cc4C(c4c3c[nH]c4CO)C2O1)C=C=C5. The number of rotatable bonds is 1. The summed E-state index contributed by atoms with van der Waals surface area (Å²) in [4.78, 5) is 3.28. The number of fused-ring (bicyclic) bond motifs is 1. The molecule has 4 heteroatoms. The van der Waals surface area contributed by atoms with Gasteiger partial charge in [0.15, 0.2) is 5.79 Å². The third-order valence-corrected chi connectivity index (χ3v) is 6.10. The highest BCUT2D eigenvalue weighted by molar-refractivity contribution is 5.76. The number of benzene rings is 1. The number of H-pyrrole nitrogens is 1. The first kappa shape index (κ1) is 14.1. The molecule has 2 N–H and O–H groups in total. The van der Waals surface area contributed by atoms with Crippen molar-refractivity contribution in [2.45, 2.75) is 50.3 Å². The number of aromatic nitrogens is 1. The molecular weight excluding hydrogens is 314 g/mol. The minimum atomic E-state index is -0.580. The Hall–Kier alpha value is -2.10. The van der Waals surface area contributed by atoms with Crippen molar-refractivity contribution in [3.05, 3.63) is 63.1 Å². The summed E-state index contributed by atoms with van der Waals surface area (Å²) in [6, 6.07) is 4.57. The summed E-state index contributed by atoms with van der Waals surface area (Å²) in [5, 5.41) is 9.83. The van der Waals surface area contributed by atoms with Crippen LogP contribution in [0.1, 0.15) is 64.8 Å². The molecule has 1 fully saturated rings. The van der Waals surface area contributed by atoms with Crippen LogP contribution in [0.5, 0.6) is 0 Å². The fraction of sp³-hybridized carbons (Fsp3) is 0.381. The average molecular weight is 333 g/mol. The molecule has 2 bridgehead atoms. The van der Waals surface area contributed by atoms with Crippen molar-refractivity contribution < 1.29 is 14.6 Å². The second-order valence-electron chi connectivity index (χ2n) is 7.88. The normalized spacial score (nSPS) is 31.8. The van der Waals surface area contributed by atoms with Crippen LogP contribution in [0, 0.1) is 0 Å². The molecule has 1 aromatic heterocycles. The monoisotopic (exact) mass is 333 g/mol. The van der Waals surface area contributed by atoms with Crippen molar-refractivity contribution in [1.82, 2.24) is 4.98 Å². The van der Waals surface area contributed by atoms with Crippen molar-refractivity contribution >= 4 is 12.2 Å². The number of aliphatic hydroxyl groups is 1. The van der Waals surface area contributed by atoms with Gasteiger partial charge in [-0.1, -0.05) is 0 Å². The zero-order valence-corrected chi connectivity index (χ0v) is 14.2. The number of ether oxygens (including phenoxy) is 2. The third kappa shape index (κ3) is 1.63. The quantitative estimate of drug-likeness (QED) is 0.672. The fourth-order valence-corrected chi connectivity index (χ4v) is 5.28. The molecule has 25 heavy (non-hydrogen) atoms. The molecule has 1 aromatic carbocycles. The summed E-state index contributed by atoms with van der Waals surface area (Å²) in [6.45, 7) is 4.00. The van der Waals surface area contributed by atoms with Gasteiger partial charge in [0.25, 0.3) is 0 Å². The zero-order chi connectivity index (χ0) is 16.9. The number of hydrogen-bond acceptors (Lipinski definition) is 3. The second kappa shape index (κ2) is 4.35. The van der Waals surface area contributed by atoms with Crippen LogP contribution in [0.3, 0.4) is 0 Å². The molecule has 4 atom stereocenters. The Morgan fingerprint density at radius 3 is 2.36 bits per heavy atom. The van der Waals surface area contributed by atoms with Gasteiger partial charge in [-0.15, -0.1) is 5.73 Å². The standard InChI is InChI=1S/C21H19NO3/c1-21(2)24-19-16-12-6-10-4-3-5-11(10)7-13(12)18(20(19)25-21)17-14(16)8-22-15(17)9-23/h4-8,16,18-20,22-23H,9H2,1-2H3. The van der Waals surface area contributed by atoms with E-state index in [1.54, 1.807) is 0 Å². The summed E-state index contributed by atoms with van der Waals surface area (Å²) >= 11 is 0. The molecule has 126 valence electrons. The minimum Gasteiger partial charge on any atom is -0.390 e. The van der Waals surface area contributed by atoms with Gasteiger partial charge in [-0.3, -0.25) is 0 Å². The summed E-state index contributed by atoms with van der Waals surface area (Å²) in [6.07, 6.45) is 6.13. The van der Waals surface area contributed by atoms with E-state index in [2.05, 4.69) is 22.8 Å². The highest BCUT2D eigenvalue weighted by atomic mass is 16.8. The molecule has 4 nitrogen and oxygen atoms in total. The first-order chi connectivity index (χ1) is 12.1. The molecule has 4 aliphatic carbocycles. The van der Waals surface area contributed by atoms with Crippen LogP contribution in [-0.2, 0) is 16.1 Å². The Kier molecular flexibility index (Phi) is 2.45. The molecule has 0 saturated carbocycles. The lowest BCUT2D eigenvalue weighted by Crippen LogP contribution is -2.45. The maximum Gasteiger partial charge on any atom is 0.163 e. The van der Waals surface area contributed by atoms with Crippen LogP contribution in [0.25, 0.3) is 12.2 Å². The number of hydrogen-bond donors (Lipinski definition) is 2. The molecule has 4 unspecified atom stereocenters. The topological polar surface area (TPSA) is 54.5 Å². The zero-order valence-electron chi connectivity index (χ0n) is 14.2. The number of aromatic amines is 1. The van der Waals surface area contributed by atoms with Gasteiger partial charge in [-0.2, -0.15) is 0 Å².